The number of rotatable bonds is 7. The minimum atomic E-state index is -0.330. The second-order valence-electron chi connectivity index (χ2n) is 5.50. The van der Waals surface area contributed by atoms with Crippen molar-refractivity contribution in [1.82, 2.24) is 4.90 Å². The van der Waals surface area contributed by atoms with E-state index in [1.165, 1.54) is 12.1 Å². The predicted octanol–water partition coefficient (Wildman–Crippen LogP) is 2.55. The molecule has 0 radical (unpaired) electrons. The highest BCUT2D eigenvalue weighted by atomic mass is 19.1. The van der Waals surface area contributed by atoms with E-state index < -0.39 is 0 Å². The van der Waals surface area contributed by atoms with E-state index in [2.05, 4.69) is 16.7 Å². The Morgan fingerprint density at radius 2 is 1.75 bits per heavy atom. The summed E-state index contributed by atoms with van der Waals surface area (Å²) in [7, 11) is 0. The molecule has 0 aromatic heterocycles. The lowest BCUT2D eigenvalue weighted by Crippen LogP contribution is -2.26. The van der Waals surface area contributed by atoms with Crippen LogP contribution in [-0.2, 0) is 13.1 Å². The lowest BCUT2D eigenvalue weighted by atomic mass is 10.1. The van der Waals surface area contributed by atoms with Crippen molar-refractivity contribution in [2.24, 2.45) is 0 Å². The molecule has 2 aromatic rings. The summed E-state index contributed by atoms with van der Waals surface area (Å²) < 4.78 is 13.5. The van der Waals surface area contributed by atoms with Crippen molar-refractivity contribution in [3.8, 4) is 11.8 Å². The average molecular weight is 327 g/mol. The second-order valence-corrected chi connectivity index (χ2v) is 5.50. The first-order chi connectivity index (χ1) is 11.7. The third-order valence-corrected chi connectivity index (χ3v) is 3.59. The lowest BCUT2D eigenvalue weighted by Gasteiger charge is -2.22. The third kappa shape index (κ3) is 5.78. The highest BCUT2D eigenvalue weighted by Gasteiger charge is 2.10. The maximum Gasteiger partial charge on any atom is 0.124 e. The summed E-state index contributed by atoms with van der Waals surface area (Å²) in [6.07, 6.45) is 0.361. The molecule has 0 amide bonds. The maximum atomic E-state index is 13.5. The average Bonchev–Trinajstić information content (AvgIpc) is 2.58. The number of halogens is 1. The molecule has 0 atom stereocenters. The van der Waals surface area contributed by atoms with Gasteiger partial charge >= 0.3 is 0 Å². The Kier molecular flexibility index (Phi) is 7.44. The highest BCUT2D eigenvalue weighted by Crippen LogP contribution is 2.15. The van der Waals surface area contributed by atoms with Gasteiger partial charge in [-0.15, -0.1) is 0 Å². The molecule has 4 heteroatoms. The van der Waals surface area contributed by atoms with Crippen LogP contribution in [0.4, 0.5) is 4.39 Å². The molecular weight excluding hydrogens is 305 g/mol. The van der Waals surface area contributed by atoms with Crippen molar-refractivity contribution in [1.29, 1.82) is 0 Å². The van der Waals surface area contributed by atoms with Crippen molar-refractivity contribution < 1.29 is 14.6 Å². The summed E-state index contributed by atoms with van der Waals surface area (Å²) in [5.41, 5.74) is 2.69. The first-order valence-corrected chi connectivity index (χ1v) is 7.98. The topological polar surface area (TPSA) is 43.7 Å². The molecule has 0 saturated carbocycles. The van der Waals surface area contributed by atoms with Gasteiger partial charge in [-0.2, -0.15) is 0 Å². The standard InChI is InChI=1S/C20H22FNO2/c21-20-10-9-19(18(14-20)8-4-5-12-23)16-22(11-13-24)15-17-6-2-1-3-7-17/h1-3,6-7,9-10,14,23-24H,5,11-13,15-16H2. The minimum Gasteiger partial charge on any atom is -0.395 e. The predicted molar refractivity (Wildman–Crippen MR) is 92.6 cm³/mol. The van der Waals surface area contributed by atoms with E-state index in [0.29, 0.717) is 31.6 Å². The van der Waals surface area contributed by atoms with Gasteiger partial charge in [0.25, 0.3) is 0 Å². The van der Waals surface area contributed by atoms with Crippen molar-refractivity contribution in [3.05, 3.63) is 71.0 Å². The Balaban J connectivity index is 2.18. The Morgan fingerprint density at radius 1 is 0.958 bits per heavy atom. The van der Waals surface area contributed by atoms with Crippen LogP contribution < -0.4 is 0 Å². The van der Waals surface area contributed by atoms with Gasteiger partial charge in [-0.1, -0.05) is 48.2 Å². The molecule has 0 fully saturated rings. The van der Waals surface area contributed by atoms with E-state index in [9.17, 15) is 9.50 Å². The highest BCUT2D eigenvalue weighted by molar-refractivity contribution is 5.41. The first-order valence-electron chi connectivity index (χ1n) is 7.98. The molecular formula is C20H22FNO2. The van der Waals surface area contributed by atoms with Crippen molar-refractivity contribution in [2.75, 3.05) is 19.8 Å². The van der Waals surface area contributed by atoms with E-state index in [0.717, 1.165) is 11.1 Å². The molecule has 3 nitrogen and oxygen atoms in total. The second kappa shape index (κ2) is 9.84. The van der Waals surface area contributed by atoms with Gasteiger partial charge in [0.2, 0.25) is 0 Å². The molecule has 0 aliphatic rings. The van der Waals surface area contributed by atoms with Gasteiger partial charge in [-0.25, -0.2) is 4.39 Å². The van der Waals surface area contributed by atoms with Gasteiger partial charge < -0.3 is 10.2 Å². The van der Waals surface area contributed by atoms with E-state index in [1.807, 2.05) is 30.3 Å². The van der Waals surface area contributed by atoms with Gasteiger partial charge in [0.1, 0.15) is 5.82 Å². The van der Waals surface area contributed by atoms with Crippen LogP contribution in [0.3, 0.4) is 0 Å². The molecule has 0 saturated heterocycles. The molecule has 126 valence electrons. The monoisotopic (exact) mass is 327 g/mol. The summed E-state index contributed by atoms with van der Waals surface area (Å²) in [6, 6.07) is 14.6. The Labute approximate surface area is 142 Å². The molecule has 0 heterocycles. The summed E-state index contributed by atoms with van der Waals surface area (Å²) in [5, 5.41) is 18.2. The normalized spacial score (nSPS) is 10.5. The Morgan fingerprint density at radius 3 is 2.46 bits per heavy atom. The number of hydrogen-bond donors (Lipinski definition) is 2. The fraction of sp³-hybridized carbons (Fsp3) is 0.300. The van der Waals surface area contributed by atoms with Gasteiger partial charge in [-0.05, 0) is 23.3 Å². The molecule has 2 aromatic carbocycles. The fourth-order valence-electron chi connectivity index (χ4n) is 2.45. The quantitative estimate of drug-likeness (QED) is 0.768. The van der Waals surface area contributed by atoms with E-state index in [4.69, 9.17) is 5.11 Å². The van der Waals surface area contributed by atoms with Gasteiger partial charge in [-0.3, -0.25) is 4.90 Å². The van der Waals surface area contributed by atoms with Gasteiger partial charge in [0, 0.05) is 31.6 Å². The molecule has 0 aliphatic carbocycles. The van der Waals surface area contributed by atoms with Gasteiger partial charge in [0.15, 0.2) is 0 Å². The van der Waals surface area contributed by atoms with Crippen molar-refractivity contribution in [2.45, 2.75) is 19.5 Å². The van der Waals surface area contributed by atoms with Crippen LogP contribution >= 0.6 is 0 Å². The number of nitrogens with zero attached hydrogens (tertiary/aromatic N) is 1. The van der Waals surface area contributed by atoms with E-state index in [1.54, 1.807) is 6.07 Å². The summed E-state index contributed by atoms with van der Waals surface area (Å²) in [4.78, 5) is 2.10. The molecule has 0 spiro atoms. The molecule has 24 heavy (non-hydrogen) atoms. The summed E-state index contributed by atoms with van der Waals surface area (Å²) in [5.74, 6) is 5.44. The summed E-state index contributed by atoms with van der Waals surface area (Å²) >= 11 is 0. The Hall–Kier alpha value is -2.19. The van der Waals surface area contributed by atoms with Crippen LogP contribution in [0.1, 0.15) is 23.1 Å². The lowest BCUT2D eigenvalue weighted by molar-refractivity contribution is 0.184. The number of aliphatic hydroxyl groups is 2. The molecule has 0 aliphatic heterocycles. The van der Waals surface area contributed by atoms with E-state index >= 15 is 0 Å². The van der Waals surface area contributed by atoms with Crippen LogP contribution in [-0.4, -0.2) is 34.9 Å². The number of hydrogen-bond acceptors (Lipinski definition) is 3. The maximum absolute atomic E-state index is 13.5. The van der Waals surface area contributed by atoms with Crippen LogP contribution in [0.25, 0.3) is 0 Å². The van der Waals surface area contributed by atoms with Crippen LogP contribution in [0.2, 0.25) is 0 Å². The molecule has 2 rings (SSSR count). The zero-order valence-corrected chi connectivity index (χ0v) is 13.6. The SMILES string of the molecule is OCCC#Cc1cc(F)ccc1CN(CCO)Cc1ccccc1. The zero-order chi connectivity index (χ0) is 17.2. The fourth-order valence-corrected chi connectivity index (χ4v) is 2.45. The molecule has 0 unspecified atom stereocenters. The number of aliphatic hydroxyl groups excluding tert-OH is 2. The van der Waals surface area contributed by atoms with Crippen molar-refractivity contribution in [3.63, 3.8) is 0 Å². The van der Waals surface area contributed by atoms with Gasteiger partial charge in [0.05, 0.1) is 13.2 Å². The molecule has 0 bridgehead atoms. The first kappa shape index (κ1) is 18.2. The number of benzene rings is 2. The smallest absolute Gasteiger partial charge is 0.124 e. The van der Waals surface area contributed by atoms with Crippen LogP contribution in [0.15, 0.2) is 48.5 Å². The van der Waals surface area contributed by atoms with Crippen LogP contribution in [0, 0.1) is 17.7 Å². The van der Waals surface area contributed by atoms with Crippen LogP contribution in [0.5, 0.6) is 0 Å². The molecule has 2 N–H and O–H groups in total. The third-order valence-electron chi connectivity index (χ3n) is 3.59. The van der Waals surface area contributed by atoms with E-state index in [-0.39, 0.29) is 19.0 Å². The Bertz CT molecular complexity index is 692. The largest absolute Gasteiger partial charge is 0.395 e. The minimum absolute atomic E-state index is 0.0116. The summed E-state index contributed by atoms with van der Waals surface area (Å²) in [6.45, 7) is 1.83. The zero-order valence-electron chi connectivity index (χ0n) is 13.6. The van der Waals surface area contributed by atoms with Crippen molar-refractivity contribution >= 4 is 0 Å².